The van der Waals surface area contributed by atoms with Gasteiger partial charge >= 0.3 is 0 Å². The molecule has 1 aromatic carbocycles. The van der Waals surface area contributed by atoms with E-state index < -0.39 is 0 Å². The minimum Gasteiger partial charge on any atom is -0.364 e. The van der Waals surface area contributed by atoms with Crippen LogP contribution < -0.4 is 10.5 Å². The maximum atomic E-state index is 11.5. The van der Waals surface area contributed by atoms with E-state index in [0.29, 0.717) is 12.2 Å². The Kier molecular flexibility index (Phi) is 3.75. The van der Waals surface area contributed by atoms with Crippen molar-refractivity contribution in [3.63, 3.8) is 0 Å². The highest BCUT2D eigenvalue weighted by Gasteiger charge is 2.23. The molecule has 0 radical (unpaired) electrons. The summed E-state index contributed by atoms with van der Waals surface area (Å²) in [7, 11) is 0. The predicted molar refractivity (Wildman–Crippen MR) is 83.8 cm³/mol. The first-order chi connectivity index (χ1) is 9.58. The fraction of sp³-hybridized carbons (Fsp3) is 0.231. The first kappa shape index (κ1) is 13.9. The van der Waals surface area contributed by atoms with E-state index in [1.165, 1.54) is 5.56 Å². The number of anilines is 1. The zero-order chi connectivity index (χ0) is 14.3. The molecule has 20 heavy (non-hydrogen) atoms. The van der Waals surface area contributed by atoms with Crippen molar-refractivity contribution in [2.45, 2.75) is 13.0 Å². The molecule has 0 fully saturated rings. The Balaban J connectivity index is 2.02. The van der Waals surface area contributed by atoms with Gasteiger partial charge in [-0.2, -0.15) is 5.10 Å². The molecule has 3 rings (SSSR count). The molecule has 2 heterocycles. The average molecular weight is 375 g/mol. The predicted octanol–water partition coefficient (Wildman–Crippen LogP) is 3.40. The first-order valence-corrected chi connectivity index (χ1v) is 7.56. The lowest BCUT2D eigenvalue weighted by molar-refractivity contribution is 0.724. The number of nitrogens with one attached hydrogen (secondary N) is 1. The van der Waals surface area contributed by atoms with Gasteiger partial charge in [-0.25, -0.2) is 5.10 Å². The molecule has 0 atom stereocenters. The topological polar surface area (TPSA) is 49.0 Å². The molecule has 0 saturated carbocycles. The third-order valence-electron chi connectivity index (χ3n) is 3.42. The maximum absolute atomic E-state index is 11.5. The van der Waals surface area contributed by atoms with Crippen molar-refractivity contribution in [2.75, 3.05) is 11.4 Å². The van der Waals surface area contributed by atoms with Gasteiger partial charge in [0.1, 0.15) is 5.02 Å². The molecule has 0 unspecified atom stereocenters. The molecule has 1 aliphatic rings. The quantitative estimate of drug-likeness (QED) is 0.832. The van der Waals surface area contributed by atoms with Crippen LogP contribution in [0.15, 0.2) is 27.6 Å². The summed E-state index contributed by atoms with van der Waals surface area (Å²) in [6, 6.07) is 3.82. The van der Waals surface area contributed by atoms with E-state index >= 15 is 0 Å². The lowest BCUT2D eigenvalue weighted by atomic mass is 9.99. The van der Waals surface area contributed by atoms with Crippen LogP contribution in [-0.4, -0.2) is 16.7 Å². The minimum absolute atomic E-state index is 0.162. The number of benzene rings is 1. The Morgan fingerprint density at radius 3 is 2.90 bits per heavy atom. The summed E-state index contributed by atoms with van der Waals surface area (Å²) in [5.74, 6) is 0. The summed E-state index contributed by atoms with van der Waals surface area (Å²) in [6.07, 6.45) is 2.40. The van der Waals surface area contributed by atoms with Crippen LogP contribution in [0.4, 0.5) is 5.69 Å². The molecule has 104 valence electrons. The SMILES string of the molecule is O=c1[nH]ncc(N2CCc3c(Br)ccc(Cl)c3C2)c1Cl. The number of halogens is 3. The van der Waals surface area contributed by atoms with E-state index in [1.807, 2.05) is 17.0 Å². The van der Waals surface area contributed by atoms with E-state index in [4.69, 9.17) is 23.2 Å². The van der Waals surface area contributed by atoms with Crippen LogP contribution in [-0.2, 0) is 13.0 Å². The van der Waals surface area contributed by atoms with Crippen LogP contribution in [0.25, 0.3) is 0 Å². The number of aromatic amines is 1. The zero-order valence-electron chi connectivity index (χ0n) is 10.3. The largest absolute Gasteiger partial charge is 0.364 e. The number of aromatic nitrogens is 2. The summed E-state index contributed by atoms with van der Waals surface area (Å²) in [5, 5.41) is 7.02. The van der Waals surface area contributed by atoms with Crippen molar-refractivity contribution in [2.24, 2.45) is 0 Å². The van der Waals surface area contributed by atoms with Gasteiger partial charge in [0.25, 0.3) is 5.56 Å². The third kappa shape index (κ3) is 2.34. The van der Waals surface area contributed by atoms with E-state index in [-0.39, 0.29) is 10.6 Å². The highest BCUT2D eigenvalue weighted by Crippen LogP contribution is 2.34. The van der Waals surface area contributed by atoms with Gasteiger partial charge in [-0.3, -0.25) is 4.79 Å². The molecule has 1 aromatic heterocycles. The summed E-state index contributed by atoms with van der Waals surface area (Å²) >= 11 is 15.9. The third-order valence-corrected chi connectivity index (χ3v) is 4.88. The Morgan fingerprint density at radius 1 is 1.30 bits per heavy atom. The normalized spacial score (nSPS) is 14.2. The fourth-order valence-electron chi connectivity index (χ4n) is 2.39. The molecule has 0 bridgehead atoms. The molecule has 7 heteroatoms. The van der Waals surface area contributed by atoms with Crippen molar-refractivity contribution in [3.05, 3.63) is 54.3 Å². The van der Waals surface area contributed by atoms with Crippen molar-refractivity contribution in [1.82, 2.24) is 10.2 Å². The average Bonchev–Trinajstić information content (AvgIpc) is 2.46. The van der Waals surface area contributed by atoms with E-state index in [0.717, 1.165) is 28.0 Å². The van der Waals surface area contributed by atoms with E-state index in [2.05, 4.69) is 26.1 Å². The van der Waals surface area contributed by atoms with Gasteiger partial charge < -0.3 is 4.90 Å². The van der Waals surface area contributed by atoms with E-state index in [1.54, 1.807) is 6.20 Å². The molecule has 2 aromatic rings. The lowest BCUT2D eigenvalue weighted by Crippen LogP contribution is -2.32. The van der Waals surface area contributed by atoms with Crippen molar-refractivity contribution < 1.29 is 0 Å². The Morgan fingerprint density at radius 2 is 2.10 bits per heavy atom. The second-order valence-corrected chi connectivity index (χ2v) is 6.20. The number of rotatable bonds is 1. The number of H-pyrrole nitrogens is 1. The van der Waals surface area contributed by atoms with Gasteiger partial charge in [-0.1, -0.05) is 39.1 Å². The Bertz CT molecular complexity index is 732. The summed E-state index contributed by atoms with van der Waals surface area (Å²) in [4.78, 5) is 13.6. The summed E-state index contributed by atoms with van der Waals surface area (Å²) in [6.45, 7) is 1.37. The molecule has 0 amide bonds. The highest BCUT2D eigenvalue weighted by molar-refractivity contribution is 9.10. The molecule has 1 aliphatic heterocycles. The van der Waals surface area contributed by atoms with Gasteiger partial charge in [0, 0.05) is 22.6 Å². The highest BCUT2D eigenvalue weighted by atomic mass is 79.9. The van der Waals surface area contributed by atoms with Crippen LogP contribution in [0.3, 0.4) is 0 Å². The summed E-state index contributed by atoms with van der Waals surface area (Å²) < 4.78 is 1.06. The zero-order valence-corrected chi connectivity index (χ0v) is 13.4. The van der Waals surface area contributed by atoms with Crippen LogP contribution in [0.5, 0.6) is 0 Å². The fourth-order valence-corrected chi connectivity index (χ4v) is 3.41. The second-order valence-electron chi connectivity index (χ2n) is 4.56. The van der Waals surface area contributed by atoms with Gasteiger partial charge in [0.15, 0.2) is 0 Å². The smallest absolute Gasteiger partial charge is 0.285 e. The molecule has 0 spiro atoms. The van der Waals surface area contributed by atoms with Gasteiger partial charge in [-0.15, -0.1) is 0 Å². The van der Waals surface area contributed by atoms with Gasteiger partial charge in [-0.05, 0) is 29.7 Å². The van der Waals surface area contributed by atoms with E-state index in [9.17, 15) is 4.79 Å². The van der Waals surface area contributed by atoms with Crippen molar-refractivity contribution in [1.29, 1.82) is 0 Å². The number of hydrogen-bond acceptors (Lipinski definition) is 3. The van der Waals surface area contributed by atoms with Crippen LogP contribution in [0.2, 0.25) is 10.0 Å². The molecule has 4 nitrogen and oxygen atoms in total. The lowest BCUT2D eigenvalue weighted by Gasteiger charge is -2.31. The number of hydrogen-bond donors (Lipinski definition) is 1. The Labute approximate surface area is 133 Å². The molecule has 1 N–H and O–H groups in total. The van der Waals surface area contributed by atoms with Crippen LogP contribution in [0, 0.1) is 0 Å². The standard InChI is InChI=1S/C13H10BrCl2N3O/c14-9-1-2-10(15)8-6-19(4-3-7(8)9)11-5-17-18-13(20)12(11)16/h1-2,5H,3-4,6H2,(H,18,20). The van der Waals surface area contributed by atoms with Gasteiger partial charge in [0.05, 0.1) is 11.9 Å². The molecular weight excluding hydrogens is 365 g/mol. The monoisotopic (exact) mass is 373 g/mol. The number of nitrogens with zero attached hydrogens (tertiary/aromatic N) is 2. The molecule has 0 aliphatic carbocycles. The maximum Gasteiger partial charge on any atom is 0.285 e. The van der Waals surface area contributed by atoms with Crippen LogP contribution in [0.1, 0.15) is 11.1 Å². The minimum atomic E-state index is -0.379. The first-order valence-electron chi connectivity index (χ1n) is 6.02. The molecular formula is C13H10BrCl2N3O. The van der Waals surface area contributed by atoms with Gasteiger partial charge in [0.2, 0.25) is 0 Å². The van der Waals surface area contributed by atoms with Crippen LogP contribution >= 0.6 is 39.1 Å². The number of fused-ring (bicyclic) bond motifs is 1. The summed E-state index contributed by atoms with van der Waals surface area (Å²) in [5.41, 5.74) is 2.53. The molecule has 0 saturated heterocycles. The van der Waals surface area contributed by atoms with Crippen molar-refractivity contribution in [3.8, 4) is 0 Å². The van der Waals surface area contributed by atoms with Crippen molar-refractivity contribution >= 4 is 44.8 Å². The second kappa shape index (κ2) is 5.39. The Hall–Kier alpha value is -1.04.